The predicted octanol–water partition coefficient (Wildman–Crippen LogP) is 1.41. The minimum atomic E-state index is -0.313. The van der Waals surface area contributed by atoms with Crippen LogP contribution in [0, 0.1) is 6.92 Å². The molecule has 1 N–H and O–H groups in total. The minimum absolute atomic E-state index is 0.143. The highest BCUT2D eigenvalue weighted by atomic mass is 16.3. The number of rotatable bonds is 1. The van der Waals surface area contributed by atoms with Gasteiger partial charge >= 0.3 is 0 Å². The van der Waals surface area contributed by atoms with Crippen LogP contribution in [-0.2, 0) is 9.59 Å². The first-order valence-corrected chi connectivity index (χ1v) is 4.68. The number of hydrogen-bond acceptors (Lipinski definition) is 3. The summed E-state index contributed by atoms with van der Waals surface area (Å²) in [5.74, 6) is 0.867. The van der Waals surface area contributed by atoms with Gasteiger partial charge in [0.25, 0.3) is 5.91 Å². The first kappa shape index (κ1) is 9.71. The molecule has 0 bridgehead atoms. The van der Waals surface area contributed by atoms with E-state index in [1.807, 2.05) is 13.0 Å². The standard InChI is InChI=1S/C11H11NO3/c1-6-3-4-9(15-6)7(2)8-5-10(13)12-11(8)14/h3-4H,5H2,1-2H3,(H,12,13,14). The molecule has 15 heavy (non-hydrogen) atoms. The van der Waals surface area contributed by atoms with Crippen LogP contribution in [0.2, 0.25) is 0 Å². The molecule has 0 saturated carbocycles. The topological polar surface area (TPSA) is 59.3 Å². The quantitative estimate of drug-likeness (QED) is 0.557. The van der Waals surface area contributed by atoms with Gasteiger partial charge in [-0.2, -0.15) is 0 Å². The Morgan fingerprint density at radius 3 is 2.60 bits per heavy atom. The average molecular weight is 205 g/mol. The molecule has 0 radical (unpaired) electrons. The van der Waals surface area contributed by atoms with Crippen LogP contribution in [0.15, 0.2) is 22.1 Å². The molecule has 1 aromatic rings. The van der Waals surface area contributed by atoms with Crippen molar-refractivity contribution in [3.63, 3.8) is 0 Å². The average Bonchev–Trinajstić information content (AvgIpc) is 2.71. The number of allylic oxidation sites excluding steroid dienone is 1. The van der Waals surface area contributed by atoms with Crippen LogP contribution >= 0.6 is 0 Å². The number of hydrogen-bond donors (Lipinski definition) is 1. The molecule has 4 nitrogen and oxygen atoms in total. The molecule has 1 aliphatic rings. The predicted molar refractivity (Wildman–Crippen MR) is 53.8 cm³/mol. The highest BCUT2D eigenvalue weighted by molar-refractivity contribution is 6.16. The van der Waals surface area contributed by atoms with Crippen molar-refractivity contribution < 1.29 is 14.0 Å². The summed E-state index contributed by atoms with van der Waals surface area (Å²) in [6, 6.07) is 3.63. The van der Waals surface area contributed by atoms with Crippen LogP contribution < -0.4 is 5.32 Å². The SMILES string of the molecule is CC(=C1CC(=O)NC1=O)c1ccc(C)o1. The molecular weight excluding hydrogens is 194 g/mol. The molecular formula is C11H11NO3. The third-order valence-electron chi connectivity index (χ3n) is 2.43. The summed E-state index contributed by atoms with van der Waals surface area (Å²) in [7, 11) is 0. The van der Waals surface area contributed by atoms with Gasteiger partial charge in [-0.25, -0.2) is 0 Å². The Morgan fingerprint density at radius 2 is 2.13 bits per heavy atom. The van der Waals surface area contributed by atoms with Crippen molar-refractivity contribution in [2.75, 3.05) is 0 Å². The lowest BCUT2D eigenvalue weighted by Crippen LogP contribution is -2.19. The van der Waals surface area contributed by atoms with E-state index in [4.69, 9.17) is 4.42 Å². The molecule has 2 rings (SSSR count). The van der Waals surface area contributed by atoms with E-state index in [2.05, 4.69) is 5.32 Å². The Labute approximate surface area is 87.0 Å². The molecule has 1 aromatic heterocycles. The molecule has 1 saturated heterocycles. The third-order valence-corrected chi connectivity index (χ3v) is 2.43. The number of furan rings is 1. The van der Waals surface area contributed by atoms with Crippen molar-refractivity contribution in [2.24, 2.45) is 0 Å². The highest BCUT2D eigenvalue weighted by Crippen LogP contribution is 2.24. The zero-order valence-electron chi connectivity index (χ0n) is 8.59. The van der Waals surface area contributed by atoms with E-state index in [0.29, 0.717) is 11.3 Å². The molecule has 4 heteroatoms. The molecule has 1 fully saturated rings. The Bertz CT molecular complexity index is 468. The Balaban J connectivity index is 2.41. The van der Waals surface area contributed by atoms with E-state index in [0.717, 1.165) is 11.3 Å². The zero-order chi connectivity index (χ0) is 11.0. The monoisotopic (exact) mass is 205 g/mol. The van der Waals surface area contributed by atoms with E-state index >= 15 is 0 Å². The molecule has 2 heterocycles. The van der Waals surface area contributed by atoms with Gasteiger partial charge < -0.3 is 4.42 Å². The smallest absolute Gasteiger partial charge is 0.254 e. The highest BCUT2D eigenvalue weighted by Gasteiger charge is 2.26. The summed E-state index contributed by atoms with van der Waals surface area (Å²) in [6.07, 6.45) is 0.143. The summed E-state index contributed by atoms with van der Waals surface area (Å²) < 4.78 is 5.39. The lowest BCUT2D eigenvalue weighted by Gasteiger charge is -1.99. The van der Waals surface area contributed by atoms with Crippen molar-refractivity contribution in [2.45, 2.75) is 20.3 Å². The molecule has 0 aromatic carbocycles. The second-order valence-corrected chi connectivity index (χ2v) is 3.57. The van der Waals surface area contributed by atoms with Crippen LogP contribution in [0.4, 0.5) is 0 Å². The van der Waals surface area contributed by atoms with Gasteiger partial charge in [0.2, 0.25) is 5.91 Å². The molecule has 0 atom stereocenters. The summed E-state index contributed by atoms with van der Waals surface area (Å²) in [4.78, 5) is 22.4. The number of amides is 2. The maximum atomic E-state index is 11.4. The maximum Gasteiger partial charge on any atom is 0.254 e. The van der Waals surface area contributed by atoms with Crippen LogP contribution in [0.5, 0.6) is 0 Å². The van der Waals surface area contributed by atoms with Crippen LogP contribution in [0.1, 0.15) is 24.9 Å². The van der Waals surface area contributed by atoms with Gasteiger partial charge in [-0.3, -0.25) is 14.9 Å². The third kappa shape index (κ3) is 1.70. The van der Waals surface area contributed by atoms with Crippen molar-refractivity contribution in [3.05, 3.63) is 29.2 Å². The van der Waals surface area contributed by atoms with E-state index in [1.165, 1.54) is 0 Å². The van der Waals surface area contributed by atoms with E-state index in [9.17, 15) is 9.59 Å². The Kier molecular flexibility index (Phi) is 2.19. The molecule has 0 aliphatic carbocycles. The van der Waals surface area contributed by atoms with Crippen molar-refractivity contribution in [3.8, 4) is 0 Å². The van der Waals surface area contributed by atoms with Gasteiger partial charge in [0.05, 0.1) is 6.42 Å². The zero-order valence-corrected chi connectivity index (χ0v) is 8.59. The fraction of sp³-hybridized carbons (Fsp3) is 0.273. The summed E-state index contributed by atoms with van der Waals surface area (Å²) in [6.45, 7) is 3.62. The molecule has 2 amide bonds. The maximum absolute atomic E-state index is 11.4. The summed E-state index contributed by atoms with van der Waals surface area (Å²) in [5, 5.41) is 2.25. The van der Waals surface area contributed by atoms with Crippen LogP contribution in [-0.4, -0.2) is 11.8 Å². The first-order valence-electron chi connectivity index (χ1n) is 4.68. The Hall–Kier alpha value is -1.84. The fourth-order valence-electron chi connectivity index (χ4n) is 1.57. The van der Waals surface area contributed by atoms with E-state index < -0.39 is 0 Å². The number of carbonyl (C=O) groups excluding carboxylic acids is 2. The second kappa shape index (κ2) is 3.38. The van der Waals surface area contributed by atoms with Crippen LogP contribution in [0.25, 0.3) is 5.57 Å². The lowest BCUT2D eigenvalue weighted by molar-refractivity contribution is -0.124. The van der Waals surface area contributed by atoms with Crippen LogP contribution in [0.3, 0.4) is 0 Å². The molecule has 1 aliphatic heterocycles. The van der Waals surface area contributed by atoms with Gasteiger partial charge in [-0.15, -0.1) is 0 Å². The van der Waals surface area contributed by atoms with Gasteiger partial charge in [0, 0.05) is 11.1 Å². The van der Waals surface area contributed by atoms with Gasteiger partial charge in [-0.1, -0.05) is 0 Å². The number of nitrogens with one attached hydrogen (secondary N) is 1. The normalized spacial score (nSPS) is 19.3. The van der Waals surface area contributed by atoms with Gasteiger partial charge in [0.1, 0.15) is 11.5 Å². The van der Waals surface area contributed by atoms with Gasteiger partial charge in [-0.05, 0) is 26.0 Å². The fourth-order valence-corrected chi connectivity index (χ4v) is 1.57. The second-order valence-electron chi connectivity index (χ2n) is 3.57. The largest absolute Gasteiger partial charge is 0.462 e. The minimum Gasteiger partial charge on any atom is -0.462 e. The van der Waals surface area contributed by atoms with Crippen molar-refractivity contribution >= 4 is 17.4 Å². The Morgan fingerprint density at radius 1 is 1.40 bits per heavy atom. The number of aryl methyl sites for hydroxylation is 1. The lowest BCUT2D eigenvalue weighted by atomic mass is 10.1. The molecule has 0 unspecified atom stereocenters. The van der Waals surface area contributed by atoms with E-state index in [-0.39, 0.29) is 18.2 Å². The number of imide groups is 1. The first-order chi connectivity index (χ1) is 7.08. The molecule has 0 spiro atoms. The van der Waals surface area contributed by atoms with Crippen molar-refractivity contribution in [1.82, 2.24) is 5.32 Å². The van der Waals surface area contributed by atoms with Crippen molar-refractivity contribution in [1.29, 1.82) is 0 Å². The molecule has 78 valence electrons. The van der Waals surface area contributed by atoms with E-state index in [1.54, 1.807) is 13.0 Å². The van der Waals surface area contributed by atoms with Gasteiger partial charge in [0.15, 0.2) is 0 Å². The summed E-state index contributed by atoms with van der Waals surface area (Å²) >= 11 is 0. The number of carbonyl (C=O) groups is 2. The summed E-state index contributed by atoms with van der Waals surface area (Å²) in [5.41, 5.74) is 1.22.